The van der Waals surface area contributed by atoms with Crippen LogP contribution in [-0.2, 0) is 4.79 Å². The van der Waals surface area contributed by atoms with Crippen molar-refractivity contribution in [1.82, 2.24) is 9.66 Å². The zero-order valence-electron chi connectivity index (χ0n) is 25.6. The lowest BCUT2D eigenvalue weighted by atomic mass is 9.96. The van der Waals surface area contributed by atoms with Crippen LogP contribution in [0.5, 0.6) is 11.5 Å². The molecule has 236 valence electrons. The number of ether oxygens (including phenoxy) is 2. The van der Waals surface area contributed by atoms with Gasteiger partial charge in [-0.25, -0.2) is 9.37 Å². The second kappa shape index (κ2) is 14.7. The number of hydrogen-bond donors (Lipinski definition) is 1. The first kappa shape index (κ1) is 33.5. The Hall–Kier alpha value is -3.85. The van der Waals surface area contributed by atoms with Gasteiger partial charge in [0.05, 0.1) is 36.6 Å². The van der Waals surface area contributed by atoms with Gasteiger partial charge in [-0.15, -0.1) is 0 Å². The monoisotopic (exact) mass is 844 g/mol. The summed E-state index contributed by atoms with van der Waals surface area (Å²) in [6.07, 6.45) is 1.60. The molecule has 0 aliphatic heterocycles. The van der Waals surface area contributed by atoms with Crippen LogP contribution in [0.15, 0.2) is 82.7 Å². The molecule has 46 heavy (non-hydrogen) atoms. The highest BCUT2D eigenvalue weighted by molar-refractivity contribution is 14.1. The zero-order valence-corrected chi connectivity index (χ0v) is 29.9. The van der Waals surface area contributed by atoms with Crippen molar-refractivity contribution < 1.29 is 18.7 Å². The predicted molar refractivity (Wildman–Crippen MR) is 197 cm³/mol. The number of aryl methyl sites for hydroxylation is 1. The molecule has 0 bridgehead atoms. The van der Waals surface area contributed by atoms with E-state index in [1.807, 2.05) is 50.2 Å². The van der Waals surface area contributed by atoms with Crippen molar-refractivity contribution in [2.45, 2.75) is 33.6 Å². The minimum atomic E-state index is -0.523. The molecule has 0 atom stereocenters. The van der Waals surface area contributed by atoms with Crippen molar-refractivity contribution in [1.29, 1.82) is 0 Å². The molecule has 1 aromatic heterocycles. The topological polar surface area (TPSA) is 94.8 Å². The van der Waals surface area contributed by atoms with Crippen molar-refractivity contribution >= 4 is 73.9 Å². The number of aromatic nitrogens is 2. The molecule has 5 aromatic rings. The molecule has 0 unspecified atom stereocenters. The number of anilines is 1. The van der Waals surface area contributed by atoms with Crippen LogP contribution in [-0.4, -0.2) is 35.0 Å². The van der Waals surface area contributed by atoms with Crippen molar-refractivity contribution in [3.8, 4) is 22.9 Å². The minimum absolute atomic E-state index is 0.0886. The van der Waals surface area contributed by atoms with Gasteiger partial charge in [-0.3, -0.25) is 9.59 Å². The van der Waals surface area contributed by atoms with Crippen LogP contribution in [0.25, 0.3) is 22.3 Å². The van der Waals surface area contributed by atoms with Gasteiger partial charge in [0.25, 0.3) is 11.5 Å². The molecule has 1 amide bonds. The van der Waals surface area contributed by atoms with Gasteiger partial charge in [0.15, 0.2) is 12.4 Å². The van der Waals surface area contributed by atoms with E-state index in [-0.39, 0.29) is 23.8 Å². The number of carbonyl (C=O) groups is 1. The molecule has 5 rings (SSSR count). The molecular weight excluding hydrogens is 813 g/mol. The fourth-order valence-corrected chi connectivity index (χ4v) is 7.01. The van der Waals surface area contributed by atoms with Crippen LogP contribution in [0.3, 0.4) is 0 Å². The van der Waals surface area contributed by atoms with E-state index >= 15 is 0 Å². The zero-order chi connectivity index (χ0) is 33.0. The first-order valence-corrected chi connectivity index (χ1v) is 16.7. The van der Waals surface area contributed by atoms with Crippen LogP contribution < -0.4 is 20.3 Å². The maximum atomic E-state index is 13.9. The number of fused-ring (bicyclic) bond motifs is 1. The number of amides is 1. The first-order valence-electron chi connectivity index (χ1n) is 14.6. The van der Waals surface area contributed by atoms with Crippen molar-refractivity contribution in [2.75, 3.05) is 18.5 Å². The van der Waals surface area contributed by atoms with Crippen LogP contribution in [0, 0.1) is 19.9 Å². The van der Waals surface area contributed by atoms with Gasteiger partial charge in [-0.1, -0.05) is 38.1 Å². The van der Waals surface area contributed by atoms with Gasteiger partial charge in [-0.05, 0) is 130 Å². The summed E-state index contributed by atoms with van der Waals surface area (Å²) in [5.41, 5.74) is 3.80. The maximum Gasteiger partial charge on any atom is 0.282 e. The number of halogens is 3. The molecule has 0 spiro atoms. The Bertz CT molecular complexity index is 2000. The molecule has 11 heteroatoms. The number of nitrogens with one attached hydrogen (secondary N) is 1. The summed E-state index contributed by atoms with van der Waals surface area (Å²) >= 11 is 4.25. The van der Waals surface area contributed by atoms with E-state index in [2.05, 4.69) is 69.4 Å². The van der Waals surface area contributed by atoms with E-state index in [0.717, 1.165) is 29.6 Å². The minimum Gasteiger partial charge on any atom is -0.494 e. The van der Waals surface area contributed by atoms with E-state index in [1.54, 1.807) is 30.5 Å². The lowest BCUT2D eigenvalue weighted by molar-refractivity contribution is -0.118. The third-order valence-corrected chi connectivity index (χ3v) is 8.71. The maximum absolute atomic E-state index is 13.9. The van der Waals surface area contributed by atoms with E-state index in [9.17, 15) is 14.0 Å². The summed E-state index contributed by atoms with van der Waals surface area (Å²) in [7, 11) is 0. The average molecular weight is 844 g/mol. The van der Waals surface area contributed by atoms with Crippen LogP contribution in [0.1, 0.15) is 43.4 Å². The second-order valence-corrected chi connectivity index (χ2v) is 13.1. The molecule has 1 N–H and O–H groups in total. The molecule has 0 saturated carbocycles. The van der Waals surface area contributed by atoms with Gasteiger partial charge < -0.3 is 14.8 Å². The van der Waals surface area contributed by atoms with E-state index in [4.69, 9.17) is 14.5 Å². The van der Waals surface area contributed by atoms with Gasteiger partial charge in [0.1, 0.15) is 17.3 Å². The van der Waals surface area contributed by atoms with Crippen LogP contribution in [0.4, 0.5) is 10.1 Å². The fraction of sp³-hybridized carbons (Fsp3) is 0.200. The van der Waals surface area contributed by atoms with Crippen LogP contribution in [0.2, 0.25) is 0 Å². The molecule has 0 aliphatic rings. The normalized spacial score (nSPS) is 11.4. The third kappa shape index (κ3) is 7.41. The summed E-state index contributed by atoms with van der Waals surface area (Å²) in [6, 6.07) is 20.9. The number of para-hydroxylation sites is 2. The van der Waals surface area contributed by atoms with E-state index in [0.29, 0.717) is 34.6 Å². The van der Waals surface area contributed by atoms with Crippen molar-refractivity contribution in [3.63, 3.8) is 0 Å². The Labute approximate surface area is 293 Å². The van der Waals surface area contributed by atoms with Crippen molar-refractivity contribution in [2.24, 2.45) is 5.10 Å². The lowest BCUT2D eigenvalue weighted by Gasteiger charge is -2.18. The number of nitrogens with zero attached hydrogens (tertiary/aromatic N) is 3. The molecular formula is C35H31FI2N4O4. The summed E-state index contributed by atoms with van der Waals surface area (Å²) in [6.45, 7) is 8.37. The Morgan fingerprint density at radius 2 is 1.74 bits per heavy atom. The Morgan fingerprint density at radius 3 is 2.43 bits per heavy atom. The second-order valence-electron chi connectivity index (χ2n) is 10.7. The van der Waals surface area contributed by atoms with E-state index in [1.165, 1.54) is 16.8 Å². The SMILES string of the molecule is CCOc1cc(C)c(-c2nc3ccccc3c(=O)n2N=Cc2cc(I)c(OCC(=O)Nc3ccccc3F)c(I)c2)cc1C(C)C. The number of benzene rings is 4. The largest absolute Gasteiger partial charge is 0.494 e. The van der Waals surface area contributed by atoms with Gasteiger partial charge >= 0.3 is 0 Å². The molecule has 1 heterocycles. The summed E-state index contributed by atoms with van der Waals surface area (Å²) < 4.78 is 28.5. The molecule has 0 saturated heterocycles. The fourth-order valence-electron chi connectivity index (χ4n) is 4.88. The summed E-state index contributed by atoms with van der Waals surface area (Å²) in [5.74, 6) is 0.925. The molecule has 4 aromatic carbocycles. The quantitative estimate of drug-likeness (QED) is 0.113. The highest BCUT2D eigenvalue weighted by Crippen LogP contribution is 2.34. The highest BCUT2D eigenvalue weighted by atomic mass is 127. The average Bonchev–Trinajstić information content (AvgIpc) is 3.01. The lowest BCUT2D eigenvalue weighted by Crippen LogP contribution is -2.21. The first-order chi connectivity index (χ1) is 22.1. The third-order valence-electron chi connectivity index (χ3n) is 7.11. The number of hydrogen-bond acceptors (Lipinski definition) is 6. The van der Waals surface area contributed by atoms with Gasteiger partial charge in [0.2, 0.25) is 0 Å². The van der Waals surface area contributed by atoms with Crippen LogP contribution >= 0.6 is 45.2 Å². The number of rotatable bonds is 10. The number of carbonyl (C=O) groups excluding carboxylic acids is 1. The Kier molecular flexibility index (Phi) is 10.7. The molecule has 0 aliphatic carbocycles. The Balaban J connectivity index is 1.49. The standard InChI is InChI=1S/C35H31FI2N4O4/c1-5-45-31-14-21(4)25(17-24(31)20(2)3)34-41-29-12-8-6-10-23(29)35(44)42(34)39-18-22-15-27(37)33(28(38)16-22)46-19-32(43)40-30-13-9-7-11-26(30)36/h6-18,20H,5,19H2,1-4H3,(H,40,43). The van der Waals surface area contributed by atoms with E-state index < -0.39 is 11.7 Å². The highest BCUT2D eigenvalue weighted by Gasteiger charge is 2.19. The van der Waals surface area contributed by atoms with Gasteiger partial charge in [0, 0.05) is 5.56 Å². The summed E-state index contributed by atoms with van der Waals surface area (Å²) in [5, 5.41) is 7.63. The molecule has 0 fully saturated rings. The Morgan fingerprint density at radius 1 is 1.04 bits per heavy atom. The van der Waals surface area contributed by atoms with Gasteiger partial charge in [-0.2, -0.15) is 9.78 Å². The molecule has 8 nitrogen and oxygen atoms in total. The predicted octanol–water partition coefficient (Wildman–Crippen LogP) is 8.14. The van der Waals surface area contributed by atoms with Crippen molar-refractivity contribution in [3.05, 3.63) is 113 Å². The summed E-state index contributed by atoms with van der Waals surface area (Å²) in [4.78, 5) is 31.2. The molecule has 0 radical (unpaired) electrons. The smallest absolute Gasteiger partial charge is 0.282 e.